The fourth-order valence-electron chi connectivity index (χ4n) is 2.05. The van der Waals surface area contributed by atoms with Gasteiger partial charge >= 0.3 is 5.97 Å². The van der Waals surface area contributed by atoms with E-state index in [1.165, 1.54) is 26.4 Å². The maximum atomic E-state index is 11.3. The smallest absolute Gasteiger partial charge is 0.319 e. The van der Waals surface area contributed by atoms with Crippen LogP contribution in [0.5, 0.6) is 0 Å². The second-order valence-corrected chi connectivity index (χ2v) is 4.75. The topological polar surface area (TPSA) is 41.6 Å². The highest BCUT2D eigenvalue weighted by atomic mass is 16.5. The van der Waals surface area contributed by atoms with E-state index in [-0.39, 0.29) is 5.97 Å². The van der Waals surface area contributed by atoms with E-state index >= 15 is 0 Å². The molecule has 1 aliphatic heterocycles. The zero-order chi connectivity index (χ0) is 12.0. The van der Waals surface area contributed by atoms with Crippen LogP contribution in [0.4, 0.5) is 0 Å². The molecule has 1 aliphatic rings. The van der Waals surface area contributed by atoms with Gasteiger partial charge in [-0.25, -0.2) is 0 Å². The van der Waals surface area contributed by atoms with Crippen LogP contribution < -0.4 is 5.32 Å². The van der Waals surface area contributed by atoms with Crippen LogP contribution in [0.25, 0.3) is 0 Å². The van der Waals surface area contributed by atoms with Crippen molar-refractivity contribution in [3.63, 3.8) is 0 Å². The average Bonchev–Trinajstić information content (AvgIpc) is 2.29. The third kappa shape index (κ3) is 4.49. The summed E-state index contributed by atoms with van der Waals surface area (Å²) in [6.45, 7) is 6.67. The Balaban J connectivity index is 2.40. The monoisotopic (exact) mass is 228 g/mol. The van der Waals surface area contributed by atoms with E-state index in [1.54, 1.807) is 0 Å². The summed E-state index contributed by atoms with van der Waals surface area (Å²) in [6, 6.07) is 0.906. The molecule has 0 amide bonds. The van der Waals surface area contributed by atoms with Crippen LogP contribution in [0.15, 0.2) is 0 Å². The highest BCUT2D eigenvalue weighted by Crippen LogP contribution is 2.10. The van der Waals surface area contributed by atoms with Crippen molar-refractivity contribution in [2.45, 2.75) is 45.2 Å². The van der Waals surface area contributed by atoms with Crippen LogP contribution in [0.1, 0.15) is 33.1 Å². The van der Waals surface area contributed by atoms with E-state index < -0.39 is 0 Å². The molecule has 0 aromatic rings. The molecule has 0 bridgehead atoms. The fraction of sp³-hybridized carbons (Fsp3) is 0.917. The lowest BCUT2D eigenvalue weighted by Crippen LogP contribution is -2.47. The molecule has 4 heteroatoms. The maximum Gasteiger partial charge on any atom is 0.319 e. The van der Waals surface area contributed by atoms with Crippen LogP contribution in [0.3, 0.4) is 0 Å². The van der Waals surface area contributed by atoms with E-state index in [1.807, 2.05) is 0 Å². The summed E-state index contributed by atoms with van der Waals surface area (Å²) < 4.78 is 4.72. The molecule has 0 aliphatic carbocycles. The lowest BCUT2D eigenvalue weighted by molar-refractivity contribution is -0.142. The zero-order valence-corrected chi connectivity index (χ0v) is 10.7. The highest BCUT2D eigenvalue weighted by Gasteiger charge is 2.20. The average molecular weight is 228 g/mol. The number of ether oxygens (including phenoxy) is 1. The second-order valence-electron chi connectivity index (χ2n) is 4.75. The Morgan fingerprint density at radius 1 is 1.50 bits per heavy atom. The Morgan fingerprint density at radius 3 is 2.75 bits per heavy atom. The first-order valence-corrected chi connectivity index (χ1v) is 6.17. The lowest BCUT2D eigenvalue weighted by Gasteiger charge is -2.32. The number of carbonyl (C=O) groups excluding carboxylic acids is 1. The van der Waals surface area contributed by atoms with Gasteiger partial charge in [-0.05, 0) is 33.2 Å². The minimum atomic E-state index is -0.149. The molecule has 1 rings (SSSR count). The second kappa shape index (κ2) is 6.86. The highest BCUT2D eigenvalue weighted by molar-refractivity contribution is 5.71. The summed E-state index contributed by atoms with van der Waals surface area (Å²) in [6.07, 6.45) is 3.78. The van der Waals surface area contributed by atoms with Gasteiger partial charge < -0.3 is 10.1 Å². The normalized spacial score (nSPS) is 21.4. The van der Waals surface area contributed by atoms with Gasteiger partial charge in [0, 0.05) is 18.6 Å². The SMILES string of the molecule is COC(=O)CN(CC1CCCCN1)C(C)C. The van der Waals surface area contributed by atoms with Gasteiger partial charge in [-0.15, -0.1) is 0 Å². The number of rotatable bonds is 5. The molecule has 4 nitrogen and oxygen atoms in total. The van der Waals surface area contributed by atoms with Crippen molar-refractivity contribution in [2.24, 2.45) is 0 Å². The predicted molar refractivity (Wildman–Crippen MR) is 64.4 cm³/mol. The van der Waals surface area contributed by atoms with Crippen LogP contribution in [0, 0.1) is 0 Å². The molecule has 94 valence electrons. The molecule has 1 saturated heterocycles. The van der Waals surface area contributed by atoms with E-state index in [0.717, 1.165) is 13.1 Å². The summed E-state index contributed by atoms with van der Waals surface area (Å²) in [5.74, 6) is -0.149. The summed E-state index contributed by atoms with van der Waals surface area (Å²) >= 11 is 0. The van der Waals surface area contributed by atoms with Gasteiger partial charge in [0.05, 0.1) is 13.7 Å². The first-order chi connectivity index (χ1) is 7.63. The standard InChI is InChI=1S/C12H24N2O2/c1-10(2)14(9-12(15)16-3)8-11-6-4-5-7-13-11/h10-11,13H,4-9H2,1-3H3. The van der Waals surface area contributed by atoms with Crippen molar-refractivity contribution in [1.82, 2.24) is 10.2 Å². The fourth-order valence-corrected chi connectivity index (χ4v) is 2.05. The zero-order valence-electron chi connectivity index (χ0n) is 10.7. The van der Waals surface area contributed by atoms with Crippen molar-refractivity contribution < 1.29 is 9.53 Å². The molecule has 16 heavy (non-hydrogen) atoms. The first-order valence-electron chi connectivity index (χ1n) is 6.17. The Bertz CT molecular complexity index is 213. The Hall–Kier alpha value is -0.610. The van der Waals surface area contributed by atoms with Crippen LogP contribution in [0.2, 0.25) is 0 Å². The predicted octanol–water partition coefficient (Wildman–Crippen LogP) is 1.01. The number of methoxy groups -OCH3 is 1. The summed E-state index contributed by atoms with van der Waals surface area (Å²) in [7, 11) is 1.44. The number of hydrogen-bond acceptors (Lipinski definition) is 4. The number of nitrogens with one attached hydrogen (secondary N) is 1. The molecule has 0 saturated carbocycles. The van der Waals surface area contributed by atoms with Crippen molar-refractivity contribution >= 4 is 5.97 Å². The molecule has 1 atom stereocenters. The lowest BCUT2D eigenvalue weighted by atomic mass is 10.0. The number of carbonyl (C=O) groups is 1. The molecule has 1 unspecified atom stereocenters. The molecular weight excluding hydrogens is 204 g/mol. The Kier molecular flexibility index (Phi) is 5.77. The van der Waals surface area contributed by atoms with Crippen LogP contribution in [-0.2, 0) is 9.53 Å². The minimum absolute atomic E-state index is 0.149. The van der Waals surface area contributed by atoms with E-state index in [4.69, 9.17) is 4.74 Å². The third-order valence-corrected chi connectivity index (χ3v) is 3.16. The first kappa shape index (κ1) is 13.5. The van der Waals surface area contributed by atoms with Gasteiger partial charge in [-0.1, -0.05) is 6.42 Å². The summed E-state index contributed by atoms with van der Waals surface area (Å²) in [4.78, 5) is 13.5. The maximum absolute atomic E-state index is 11.3. The van der Waals surface area contributed by atoms with E-state index in [9.17, 15) is 4.79 Å². The van der Waals surface area contributed by atoms with E-state index in [0.29, 0.717) is 18.6 Å². The largest absolute Gasteiger partial charge is 0.468 e. The molecular formula is C12H24N2O2. The molecule has 1 heterocycles. The molecule has 0 aromatic carbocycles. The molecule has 1 fully saturated rings. The van der Waals surface area contributed by atoms with Gasteiger partial charge in [0.1, 0.15) is 0 Å². The van der Waals surface area contributed by atoms with Crippen molar-refractivity contribution in [2.75, 3.05) is 26.7 Å². The van der Waals surface area contributed by atoms with Crippen molar-refractivity contribution in [3.8, 4) is 0 Å². The Morgan fingerprint density at radius 2 is 2.25 bits per heavy atom. The van der Waals surface area contributed by atoms with Crippen LogP contribution >= 0.6 is 0 Å². The van der Waals surface area contributed by atoms with Gasteiger partial charge in [-0.3, -0.25) is 9.69 Å². The van der Waals surface area contributed by atoms with E-state index in [2.05, 4.69) is 24.1 Å². The van der Waals surface area contributed by atoms with Gasteiger partial charge in [-0.2, -0.15) is 0 Å². The number of hydrogen-bond donors (Lipinski definition) is 1. The molecule has 0 spiro atoms. The molecule has 1 N–H and O–H groups in total. The summed E-state index contributed by atoms with van der Waals surface area (Å²) in [5, 5.41) is 3.50. The summed E-state index contributed by atoms with van der Waals surface area (Å²) in [5.41, 5.74) is 0. The molecule has 0 radical (unpaired) electrons. The quantitative estimate of drug-likeness (QED) is 0.713. The minimum Gasteiger partial charge on any atom is -0.468 e. The Labute approximate surface area is 98.3 Å². The third-order valence-electron chi connectivity index (χ3n) is 3.16. The van der Waals surface area contributed by atoms with Gasteiger partial charge in [0.25, 0.3) is 0 Å². The number of nitrogens with zero attached hydrogens (tertiary/aromatic N) is 1. The van der Waals surface area contributed by atoms with Gasteiger partial charge in [0.15, 0.2) is 0 Å². The van der Waals surface area contributed by atoms with Crippen molar-refractivity contribution in [1.29, 1.82) is 0 Å². The van der Waals surface area contributed by atoms with Gasteiger partial charge in [0.2, 0.25) is 0 Å². The number of piperidine rings is 1. The van der Waals surface area contributed by atoms with Crippen molar-refractivity contribution in [3.05, 3.63) is 0 Å². The molecule has 0 aromatic heterocycles. The van der Waals surface area contributed by atoms with Crippen LogP contribution in [-0.4, -0.2) is 49.7 Å². The number of esters is 1.